The number of hydrogen-bond donors (Lipinski definition) is 2. The Hall–Kier alpha value is -2.02. The first-order valence-corrected chi connectivity index (χ1v) is 6.70. The Bertz CT molecular complexity index is 677. The van der Waals surface area contributed by atoms with Crippen molar-refractivity contribution in [2.45, 2.75) is 18.7 Å². The van der Waals surface area contributed by atoms with Gasteiger partial charge in [0.05, 0.1) is 10.6 Å². The lowest BCUT2D eigenvalue weighted by Crippen LogP contribution is -2.13. The summed E-state index contributed by atoms with van der Waals surface area (Å²) in [4.78, 5) is 0.0796. The molecule has 0 atom stereocenters. The second-order valence-corrected chi connectivity index (χ2v) is 5.58. The molecule has 7 heteroatoms. The monoisotopic (exact) mass is 267 g/mol. The predicted octanol–water partition coefficient (Wildman–Crippen LogP) is 1.67. The molecule has 96 valence electrons. The fraction of sp³-hybridized carbons (Fsp3) is 0.182. The molecule has 1 aromatic heterocycles. The van der Waals surface area contributed by atoms with Crippen molar-refractivity contribution in [3.05, 3.63) is 35.5 Å². The third-order valence-electron chi connectivity index (χ3n) is 2.55. The summed E-state index contributed by atoms with van der Waals surface area (Å²) in [6, 6.07) is 6.02. The number of nitrogens with one attached hydrogen (secondary N) is 1. The first-order chi connectivity index (χ1) is 8.40. The summed E-state index contributed by atoms with van der Waals surface area (Å²) in [5, 5.41) is 3.68. The van der Waals surface area contributed by atoms with Crippen LogP contribution in [0.3, 0.4) is 0 Å². The summed E-state index contributed by atoms with van der Waals surface area (Å²) in [5.74, 6) is 0.120. The van der Waals surface area contributed by atoms with Gasteiger partial charge >= 0.3 is 0 Å². The van der Waals surface area contributed by atoms with E-state index in [1.165, 1.54) is 12.1 Å². The molecule has 0 radical (unpaired) electrons. The fourth-order valence-corrected chi connectivity index (χ4v) is 2.47. The van der Waals surface area contributed by atoms with Gasteiger partial charge in [-0.2, -0.15) is 0 Å². The number of nitrogens with two attached hydrogens (primary N) is 1. The summed E-state index contributed by atoms with van der Waals surface area (Å²) in [6.45, 7) is 3.46. The molecule has 0 fully saturated rings. The van der Waals surface area contributed by atoms with E-state index in [0.29, 0.717) is 16.9 Å². The van der Waals surface area contributed by atoms with E-state index in [9.17, 15) is 8.42 Å². The van der Waals surface area contributed by atoms with Crippen LogP contribution in [0.2, 0.25) is 0 Å². The Labute approximate surface area is 105 Å². The molecule has 0 amide bonds. The maximum Gasteiger partial charge on any atom is 0.264 e. The zero-order valence-electron chi connectivity index (χ0n) is 9.97. The van der Waals surface area contributed by atoms with Crippen molar-refractivity contribution in [2.24, 2.45) is 0 Å². The summed E-state index contributed by atoms with van der Waals surface area (Å²) < 4.78 is 31.4. The van der Waals surface area contributed by atoms with E-state index in [1.807, 2.05) is 0 Å². The molecule has 0 aliphatic carbocycles. The molecular weight excluding hydrogens is 254 g/mol. The first kappa shape index (κ1) is 12.4. The lowest BCUT2D eigenvalue weighted by atomic mass is 10.3. The maximum absolute atomic E-state index is 12.1. The molecule has 18 heavy (non-hydrogen) atoms. The molecular formula is C11H13N3O3S. The van der Waals surface area contributed by atoms with E-state index in [-0.39, 0.29) is 10.8 Å². The number of rotatable bonds is 3. The van der Waals surface area contributed by atoms with Gasteiger partial charge in [-0.15, -0.1) is 0 Å². The van der Waals surface area contributed by atoms with Gasteiger partial charge in [-0.25, -0.2) is 13.1 Å². The Kier molecular flexibility index (Phi) is 3.00. The van der Waals surface area contributed by atoms with Gasteiger partial charge in [0, 0.05) is 11.3 Å². The number of anilines is 2. The molecule has 0 bridgehead atoms. The molecule has 3 N–H and O–H groups in total. The molecule has 0 aliphatic heterocycles. The molecule has 6 nitrogen and oxygen atoms in total. The Morgan fingerprint density at radius 3 is 2.61 bits per heavy atom. The minimum absolute atomic E-state index is 0.0796. The third kappa shape index (κ3) is 2.30. The lowest BCUT2D eigenvalue weighted by Gasteiger charge is -2.06. The van der Waals surface area contributed by atoms with Gasteiger partial charge < -0.3 is 10.3 Å². The normalized spacial score (nSPS) is 11.4. The van der Waals surface area contributed by atoms with E-state index < -0.39 is 10.0 Å². The van der Waals surface area contributed by atoms with Gasteiger partial charge in [0.2, 0.25) is 5.88 Å². The Morgan fingerprint density at radius 2 is 2.06 bits per heavy atom. The van der Waals surface area contributed by atoms with Gasteiger partial charge in [0.15, 0.2) is 0 Å². The number of sulfonamides is 1. The standard InChI is InChI=1S/C11H13N3O3S/c1-7-8(2)13-17-11(7)14-18(15,16)10-5-3-4-9(12)6-10/h3-6,14H,12H2,1-2H3. The average molecular weight is 267 g/mol. The lowest BCUT2D eigenvalue weighted by molar-refractivity contribution is 0.430. The first-order valence-electron chi connectivity index (χ1n) is 5.21. The Balaban J connectivity index is 2.36. The van der Waals surface area contributed by atoms with Crippen molar-refractivity contribution >= 4 is 21.6 Å². The van der Waals surface area contributed by atoms with Gasteiger partial charge in [-0.3, -0.25) is 0 Å². The maximum atomic E-state index is 12.1. The average Bonchev–Trinajstić information content (AvgIpc) is 2.61. The van der Waals surface area contributed by atoms with Crippen molar-refractivity contribution in [1.29, 1.82) is 0 Å². The van der Waals surface area contributed by atoms with E-state index in [4.69, 9.17) is 10.3 Å². The number of aromatic nitrogens is 1. The Morgan fingerprint density at radius 1 is 1.33 bits per heavy atom. The van der Waals surface area contributed by atoms with Crippen LogP contribution < -0.4 is 10.5 Å². The highest BCUT2D eigenvalue weighted by atomic mass is 32.2. The third-order valence-corrected chi connectivity index (χ3v) is 3.88. The number of nitrogen functional groups attached to an aromatic ring is 1. The molecule has 1 aromatic carbocycles. The van der Waals surface area contributed by atoms with E-state index >= 15 is 0 Å². The molecule has 2 aromatic rings. The number of benzene rings is 1. The van der Waals surface area contributed by atoms with Crippen molar-refractivity contribution in [3.63, 3.8) is 0 Å². The van der Waals surface area contributed by atoms with Gasteiger partial charge in [-0.05, 0) is 32.0 Å². The summed E-state index contributed by atoms with van der Waals surface area (Å²) in [5.41, 5.74) is 7.23. The highest BCUT2D eigenvalue weighted by Crippen LogP contribution is 2.22. The topological polar surface area (TPSA) is 98.2 Å². The second-order valence-electron chi connectivity index (χ2n) is 3.90. The molecule has 1 heterocycles. The van der Waals surface area contributed by atoms with Gasteiger partial charge in [-0.1, -0.05) is 11.2 Å². The highest BCUT2D eigenvalue weighted by Gasteiger charge is 2.19. The molecule has 0 aliphatic rings. The van der Waals surface area contributed by atoms with Crippen LogP contribution in [0, 0.1) is 13.8 Å². The van der Waals surface area contributed by atoms with Crippen molar-refractivity contribution in [3.8, 4) is 0 Å². The zero-order valence-corrected chi connectivity index (χ0v) is 10.8. The summed E-state index contributed by atoms with van der Waals surface area (Å²) in [6.07, 6.45) is 0. The molecule has 2 rings (SSSR count). The largest absolute Gasteiger partial charge is 0.399 e. The van der Waals surface area contributed by atoms with Crippen molar-refractivity contribution in [2.75, 3.05) is 10.5 Å². The van der Waals surface area contributed by atoms with Crippen molar-refractivity contribution in [1.82, 2.24) is 5.16 Å². The molecule has 0 unspecified atom stereocenters. The quantitative estimate of drug-likeness (QED) is 0.824. The second kappa shape index (κ2) is 4.34. The van der Waals surface area contributed by atoms with Gasteiger partial charge in [0.1, 0.15) is 0 Å². The van der Waals surface area contributed by atoms with E-state index in [1.54, 1.807) is 26.0 Å². The highest BCUT2D eigenvalue weighted by molar-refractivity contribution is 7.92. The molecule has 0 saturated carbocycles. The van der Waals surface area contributed by atoms with Crippen LogP contribution in [0.4, 0.5) is 11.6 Å². The molecule has 0 spiro atoms. The van der Waals surface area contributed by atoms with Crippen molar-refractivity contribution < 1.29 is 12.9 Å². The zero-order chi connectivity index (χ0) is 13.3. The number of aryl methyl sites for hydroxylation is 1. The fourth-order valence-electron chi connectivity index (χ4n) is 1.37. The van der Waals surface area contributed by atoms with Crippen LogP contribution in [0.5, 0.6) is 0 Å². The SMILES string of the molecule is Cc1noc(NS(=O)(=O)c2cccc(N)c2)c1C. The number of nitrogens with zero attached hydrogens (tertiary/aromatic N) is 1. The van der Waals surface area contributed by atoms with Crippen LogP contribution in [0.15, 0.2) is 33.7 Å². The van der Waals surface area contributed by atoms with E-state index in [0.717, 1.165) is 0 Å². The number of hydrogen-bond acceptors (Lipinski definition) is 5. The minimum Gasteiger partial charge on any atom is -0.399 e. The van der Waals surface area contributed by atoms with Gasteiger partial charge in [0.25, 0.3) is 10.0 Å². The summed E-state index contributed by atoms with van der Waals surface area (Å²) >= 11 is 0. The van der Waals surface area contributed by atoms with Crippen LogP contribution in [0.25, 0.3) is 0 Å². The van der Waals surface area contributed by atoms with E-state index in [2.05, 4.69) is 9.88 Å². The van der Waals surface area contributed by atoms with Crippen LogP contribution in [0.1, 0.15) is 11.3 Å². The smallest absolute Gasteiger partial charge is 0.264 e. The van der Waals surface area contributed by atoms with Crippen LogP contribution in [-0.4, -0.2) is 13.6 Å². The summed E-state index contributed by atoms with van der Waals surface area (Å²) in [7, 11) is -3.71. The molecule has 0 saturated heterocycles. The van der Waals surface area contributed by atoms with Crippen LogP contribution in [-0.2, 0) is 10.0 Å². The predicted molar refractivity (Wildman–Crippen MR) is 67.6 cm³/mol. The van der Waals surface area contributed by atoms with Crippen LogP contribution >= 0.6 is 0 Å². The minimum atomic E-state index is -3.71.